The van der Waals surface area contributed by atoms with Gasteiger partial charge in [-0.25, -0.2) is 4.79 Å². The van der Waals surface area contributed by atoms with E-state index in [2.05, 4.69) is 6.07 Å². The van der Waals surface area contributed by atoms with Crippen molar-refractivity contribution < 1.29 is 14.6 Å². The molecule has 0 aliphatic heterocycles. The molecule has 0 radical (unpaired) electrons. The van der Waals surface area contributed by atoms with Crippen LogP contribution < -0.4 is 4.74 Å². The Balaban J connectivity index is 0.00000136. The minimum absolute atomic E-state index is 0.108. The third kappa shape index (κ3) is 4.24. The first-order chi connectivity index (χ1) is 13.5. The molecule has 1 aromatic heterocycles. The maximum Gasteiger partial charge on any atom is 0.353 e. The second-order valence-corrected chi connectivity index (χ2v) is 5.96. The van der Waals surface area contributed by atoms with Crippen LogP contribution in [0.15, 0.2) is 54.6 Å². The molecular formula is C23H24N2O3. The number of hydrogen-bond donors (Lipinski definition) is 1. The van der Waals surface area contributed by atoms with Crippen LogP contribution in [0.25, 0.3) is 11.1 Å². The topological polar surface area (TPSA) is 75.2 Å². The van der Waals surface area contributed by atoms with Crippen LogP contribution in [0.5, 0.6) is 5.75 Å². The van der Waals surface area contributed by atoms with Crippen molar-refractivity contribution in [2.24, 2.45) is 7.05 Å². The van der Waals surface area contributed by atoms with E-state index in [0.717, 1.165) is 5.56 Å². The van der Waals surface area contributed by atoms with E-state index < -0.39 is 5.97 Å². The molecule has 0 unspecified atom stereocenters. The quantitative estimate of drug-likeness (QED) is 0.666. The zero-order chi connectivity index (χ0) is 20.7. The maximum absolute atomic E-state index is 11.7. The molecule has 0 bridgehead atoms. The molecule has 0 aliphatic rings. The fraction of sp³-hybridized carbons (Fsp3) is 0.217. The third-order valence-corrected chi connectivity index (χ3v) is 4.39. The molecule has 1 N–H and O–H groups in total. The summed E-state index contributed by atoms with van der Waals surface area (Å²) in [5.74, 6) is -0.378. The van der Waals surface area contributed by atoms with Crippen LogP contribution in [0, 0.1) is 18.3 Å². The van der Waals surface area contributed by atoms with E-state index in [1.807, 2.05) is 44.2 Å². The highest BCUT2D eigenvalue weighted by Crippen LogP contribution is 2.33. The highest BCUT2D eigenvalue weighted by atomic mass is 16.5. The Morgan fingerprint density at radius 1 is 1.11 bits per heavy atom. The van der Waals surface area contributed by atoms with Crippen molar-refractivity contribution in [1.82, 2.24) is 4.57 Å². The summed E-state index contributed by atoms with van der Waals surface area (Å²) < 4.78 is 7.30. The third-order valence-electron chi connectivity index (χ3n) is 4.39. The van der Waals surface area contributed by atoms with Gasteiger partial charge in [-0.05, 0) is 30.2 Å². The van der Waals surface area contributed by atoms with Gasteiger partial charge in [0.1, 0.15) is 24.1 Å². The molecule has 2 aromatic carbocycles. The number of nitrogens with zero attached hydrogens (tertiary/aromatic N) is 2. The lowest BCUT2D eigenvalue weighted by atomic mass is 10.0. The van der Waals surface area contributed by atoms with Gasteiger partial charge in [0.15, 0.2) is 0 Å². The number of aromatic carboxylic acids is 1. The highest BCUT2D eigenvalue weighted by molar-refractivity contribution is 5.97. The Bertz CT molecular complexity index is 981. The predicted molar refractivity (Wildman–Crippen MR) is 109 cm³/mol. The minimum Gasteiger partial charge on any atom is -0.489 e. The number of aromatic nitrogens is 1. The molecule has 5 nitrogen and oxygen atoms in total. The van der Waals surface area contributed by atoms with Crippen LogP contribution >= 0.6 is 0 Å². The summed E-state index contributed by atoms with van der Waals surface area (Å²) in [5, 5.41) is 19.0. The summed E-state index contributed by atoms with van der Waals surface area (Å²) in [6, 6.07) is 19.1. The summed E-state index contributed by atoms with van der Waals surface area (Å²) in [6.07, 6.45) is 0. The van der Waals surface area contributed by atoms with E-state index in [-0.39, 0.29) is 5.69 Å². The van der Waals surface area contributed by atoms with Crippen molar-refractivity contribution in [3.8, 4) is 22.9 Å². The summed E-state index contributed by atoms with van der Waals surface area (Å²) in [7, 11) is 1.65. The Hall–Kier alpha value is -3.52. The number of benzene rings is 2. The SMILES string of the molecule is CC.Cc1c(C#N)c(-c2ccc(OCc3ccccc3)cc2)c(C(=O)O)n1C. The number of nitriles is 1. The second-order valence-electron chi connectivity index (χ2n) is 5.96. The van der Waals surface area contributed by atoms with E-state index >= 15 is 0 Å². The summed E-state index contributed by atoms with van der Waals surface area (Å²) in [5.41, 5.74) is 3.30. The molecule has 0 saturated heterocycles. The van der Waals surface area contributed by atoms with Gasteiger partial charge in [0.2, 0.25) is 0 Å². The van der Waals surface area contributed by atoms with Crippen molar-refractivity contribution in [1.29, 1.82) is 5.26 Å². The molecule has 0 aliphatic carbocycles. The standard InChI is InChI=1S/C21H18N2O3.C2H6/c1-14-18(12-22)19(20(21(24)25)23(14)2)16-8-10-17(11-9-16)26-13-15-6-4-3-5-7-15;1-2/h3-11H,13H2,1-2H3,(H,24,25);1-2H3. The summed E-state index contributed by atoms with van der Waals surface area (Å²) >= 11 is 0. The smallest absolute Gasteiger partial charge is 0.353 e. The molecule has 0 spiro atoms. The molecule has 5 heteroatoms. The summed E-state index contributed by atoms with van der Waals surface area (Å²) in [4.78, 5) is 11.7. The number of hydrogen-bond acceptors (Lipinski definition) is 3. The average Bonchev–Trinajstić information content (AvgIpc) is 2.99. The van der Waals surface area contributed by atoms with Crippen molar-refractivity contribution >= 4 is 5.97 Å². The molecule has 0 fully saturated rings. The van der Waals surface area contributed by atoms with Gasteiger partial charge in [0.25, 0.3) is 0 Å². The Labute approximate surface area is 165 Å². The second kappa shape index (κ2) is 9.43. The van der Waals surface area contributed by atoms with Gasteiger partial charge < -0.3 is 14.4 Å². The Kier molecular flexibility index (Phi) is 7.00. The zero-order valence-electron chi connectivity index (χ0n) is 16.6. The van der Waals surface area contributed by atoms with Crippen molar-refractivity contribution in [3.63, 3.8) is 0 Å². The van der Waals surface area contributed by atoms with E-state index in [9.17, 15) is 15.2 Å². The first kappa shape index (κ1) is 20.8. The van der Waals surface area contributed by atoms with E-state index in [4.69, 9.17) is 4.74 Å². The van der Waals surface area contributed by atoms with Crippen LogP contribution in [-0.2, 0) is 13.7 Å². The fourth-order valence-corrected chi connectivity index (χ4v) is 2.93. The maximum atomic E-state index is 11.7. The number of rotatable bonds is 5. The molecule has 0 atom stereocenters. The first-order valence-corrected chi connectivity index (χ1v) is 9.12. The lowest BCUT2D eigenvalue weighted by Crippen LogP contribution is -2.06. The molecule has 3 aromatic rings. The number of carboxylic acid groups (broad SMARTS) is 1. The van der Waals surface area contributed by atoms with Gasteiger partial charge in [-0.15, -0.1) is 0 Å². The van der Waals surface area contributed by atoms with E-state index in [1.54, 1.807) is 38.2 Å². The van der Waals surface area contributed by atoms with Crippen molar-refractivity contribution in [3.05, 3.63) is 77.1 Å². The van der Waals surface area contributed by atoms with Crippen LogP contribution in [0.3, 0.4) is 0 Å². The number of ether oxygens (including phenoxy) is 1. The monoisotopic (exact) mass is 376 g/mol. The Morgan fingerprint density at radius 2 is 1.71 bits per heavy atom. The van der Waals surface area contributed by atoms with Gasteiger partial charge in [-0.2, -0.15) is 5.26 Å². The molecule has 0 saturated carbocycles. The van der Waals surface area contributed by atoms with Gasteiger partial charge in [-0.1, -0.05) is 56.3 Å². The van der Waals surface area contributed by atoms with Crippen molar-refractivity contribution in [2.75, 3.05) is 0 Å². The summed E-state index contributed by atoms with van der Waals surface area (Å²) in [6.45, 7) is 6.19. The molecule has 3 rings (SSSR count). The van der Waals surface area contributed by atoms with Crippen LogP contribution in [0.1, 0.15) is 41.2 Å². The Morgan fingerprint density at radius 3 is 2.25 bits per heavy atom. The largest absolute Gasteiger partial charge is 0.489 e. The van der Waals surface area contributed by atoms with E-state index in [1.165, 1.54) is 4.57 Å². The lowest BCUT2D eigenvalue weighted by Gasteiger charge is -2.08. The lowest BCUT2D eigenvalue weighted by molar-refractivity contribution is 0.0687. The van der Waals surface area contributed by atoms with Crippen molar-refractivity contribution in [2.45, 2.75) is 27.4 Å². The van der Waals surface area contributed by atoms with Crippen LogP contribution in [0.4, 0.5) is 0 Å². The molecule has 28 heavy (non-hydrogen) atoms. The molecule has 144 valence electrons. The molecule has 0 amide bonds. The normalized spacial score (nSPS) is 9.82. The van der Waals surface area contributed by atoms with E-state index in [0.29, 0.717) is 34.7 Å². The highest BCUT2D eigenvalue weighted by Gasteiger charge is 2.24. The fourth-order valence-electron chi connectivity index (χ4n) is 2.93. The zero-order valence-corrected chi connectivity index (χ0v) is 16.6. The van der Waals surface area contributed by atoms with Crippen LogP contribution in [0.2, 0.25) is 0 Å². The molecular weight excluding hydrogens is 352 g/mol. The number of carboxylic acids is 1. The van der Waals surface area contributed by atoms with Gasteiger partial charge in [0.05, 0.1) is 5.56 Å². The first-order valence-electron chi connectivity index (χ1n) is 9.12. The molecule has 1 heterocycles. The number of carbonyl (C=O) groups is 1. The minimum atomic E-state index is -1.06. The predicted octanol–water partition coefficient (Wildman–Crippen LogP) is 5.18. The van der Waals surface area contributed by atoms with Crippen LogP contribution in [-0.4, -0.2) is 15.6 Å². The van der Waals surface area contributed by atoms with Gasteiger partial charge in [-0.3, -0.25) is 0 Å². The van der Waals surface area contributed by atoms with Gasteiger partial charge in [0, 0.05) is 18.3 Å². The van der Waals surface area contributed by atoms with Gasteiger partial charge >= 0.3 is 5.97 Å². The average molecular weight is 376 g/mol.